The maximum atomic E-state index is 6.23. The normalized spacial score (nSPS) is 23.1. The molecule has 21 heavy (non-hydrogen) atoms. The largest absolute Gasteiger partial charge is 0.305 e. The zero-order valence-electron chi connectivity index (χ0n) is 12.2. The van der Waals surface area contributed by atoms with Crippen molar-refractivity contribution in [1.82, 2.24) is 15.2 Å². The van der Waals surface area contributed by atoms with E-state index in [-0.39, 0.29) is 5.54 Å². The summed E-state index contributed by atoms with van der Waals surface area (Å²) in [7, 11) is 0. The summed E-state index contributed by atoms with van der Waals surface area (Å²) < 4.78 is 0. The third-order valence-corrected chi connectivity index (χ3v) is 4.48. The zero-order chi connectivity index (χ0) is 14.7. The van der Waals surface area contributed by atoms with Gasteiger partial charge in [0.15, 0.2) is 0 Å². The Morgan fingerprint density at radius 3 is 2.86 bits per heavy atom. The topological polar surface area (TPSA) is 28.2 Å². The number of pyridine rings is 1. The van der Waals surface area contributed by atoms with Crippen molar-refractivity contribution >= 4 is 11.6 Å². The predicted molar refractivity (Wildman–Crippen MR) is 86.3 cm³/mol. The minimum Gasteiger partial charge on any atom is -0.305 e. The van der Waals surface area contributed by atoms with Gasteiger partial charge in [-0.15, -0.1) is 0 Å². The molecule has 0 bridgehead atoms. The summed E-state index contributed by atoms with van der Waals surface area (Å²) >= 11 is 6.23. The molecule has 4 heteroatoms. The van der Waals surface area contributed by atoms with E-state index in [1.165, 1.54) is 5.56 Å². The van der Waals surface area contributed by atoms with Gasteiger partial charge in [0.2, 0.25) is 0 Å². The highest BCUT2D eigenvalue weighted by atomic mass is 35.5. The molecule has 0 saturated carbocycles. The van der Waals surface area contributed by atoms with Crippen LogP contribution >= 0.6 is 11.6 Å². The second kappa shape index (κ2) is 6.14. The first kappa shape index (κ1) is 14.5. The summed E-state index contributed by atoms with van der Waals surface area (Å²) in [5.74, 6) is 0. The SMILES string of the molecule is CC1(c2ccccc2)CN(Cc2ccncc2Cl)CCN1. The molecule has 1 saturated heterocycles. The van der Waals surface area contributed by atoms with E-state index in [0.29, 0.717) is 0 Å². The fourth-order valence-electron chi connectivity index (χ4n) is 2.98. The van der Waals surface area contributed by atoms with Crippen LogP contribution in [-0.2, 0) is 12.1 Å². The lowest BCUT2D eigenvalue weighted by Gasteiger charge is -2.42. The van der Waals surface area contributed by atoms with Crippen LogP contribution in [0.5, 0.6) is 0 Å². The van der Waals surface area contributed by atoms with Gasteiger partial charge in [0.25, 0.3) is 0 Å². The van der Waals surface area contributed by atoms with Gasteiger partial charge in [0.05, 0.1) is 10.6 Å². The van der Waals surface area contributed by atoms with E-state index in [9.17, 15) is 0 Å². The molecule has 2 heterocycles. The molecule has 0 spiro atoms. The molecule has 0 aliphatic carbocycles. The molecule has 1 N–H and O–H groups in total. The van der Waals surface area contributed by atoms with Crippen LogP contribution in [0.3, 0.4) is 0 Å². The van der Waals surface area contributed by atoms with Gasteiger partial charge >= 0.3 is 0 Å². The molecule has 1 aromatic heterocycles. The average molecular weight is 302 g/mol. The molecule has 110 valence electrons. The van der Waals surface area contributed by atoms with Gasteiger partial charge in [-0.05, 0) is 24.1 Å². The Morgan fingerprint density at radius 1 is 1.29 bits per heavy atom. The monoisotopic (exact) mass is 301 g/mol. The molecule has 2 aromatic rings. The minimum atomic E-state index is -0.0149. The van der Waals surface area contributed by atoms with Crippen molar-refractivity contribution in [2.75, 3.05) is 19.6 Å². The number of hydrogen-bond donors (Lipinski definition) is 1. The van der Waals surface area contributed by atoms with E-state index >= 15 is 0 Å². The van der Waals surface area contributed by atoms with Gasteiger partial charge in [0.1, 0.15) is 0 Å². The van der Waals surface area contributed by atoms with Crippen LogP contribution in [0.1, 0.15) is 18.1 Å². The van der Waals surface area contributed by atoms with Crippen LogP contribution in [-0.4, -0.2) is 29.5 Å². The molecule has 1 aromatic carbocycles. The first-order valence-electron chi connectivity index (χ1n) is 7.29. The quantitative estimate of drug-likeness (QED) is 0.944. The molecule has 1 aliphatic heterocycles. The van der Waals surface area contributed by atoms with E-state index in [1.807, 2.05) is 6.07 Å². The number of rotatable bonds is 3. The van der Waals surface area contributed by atoms with Gasteiger partial charge in [-0.2, -0.15) is 0 Å². The molecule has 3 rings (SSSR count). The van der Waals surface area contributed by atoms with E-state index in [0.717, 1.165) is 36.8 Å². The third kappa shape index (κ3) is 3.26. The van der Waals surface area contributed by atoms with Crippen LogP contribution in [0, 0.1) is 0 Å². The van der Waals surface area contributed by atoms with Crippen LogP contribution in [0.4, 0.5) is 0 Å². The number of nitrogens with zero attached hydrogens (tertiary/aromatic N) is 2. The number of aromatic nitrogens is 1. The maximum absolute atomic E-state index is 6.23. The minimum absolute atomic E-state index is 0.0149. The fourth-order valence-corrected chi connectivity index (χ4v) is 3.16. The van der Waals surface area contributed by atoms with Gasteiger partial charge in [-0.3, -0.25) is 9.88 Å². The molecular formula is C17H20ClN3. The van der Waals surface area contributed by atoms with E-state index in [2.05, 4.69) is 52.5 Å². The highest BCUT2D eigenvalue weighted by Crippen LogP contribution is 2.26. The zero-order valence-corrected chi connectivity index (χ0v) is 13.0. The van der Waals surface area contributed by atoms with Crippen LogP contribution in [0.25, 0.3) is 0 Å². The van der Waals surface area contributed by atoms with Crippen molar-refractivity contribution in [1.29, 1.82) is 0 Å². The van der Waals surface area contributed by atoms with Gasteiger partial charge in [-0.25, -0.2) is 0 Å². The van der Waals surface area contributed by atoms with Gasteiger partial charge in [-0.1, -0.05) is 41.9 Å². The van der Waals surface area contributed by atoms with Crippen molar-refractivity contribution in [3.8, 4) is 0 Å². The Hall–Kier alpha value is -1.42. The van der Waals surface area contributed by atoms with Crippen molar-refractivity contribution in [2.45, 2.75) is 19.0 Å². The van der Waals surface area contributed by atoms with Crippen molar-refractivity contribution < 1.29 is 0 Å². The highest BCUT2D eigenvalue weighted by Gasteiger charge is 2.32. The number of piperazine rings is 1. The lowest BCUT2D eigenvalue weighted by molar-refractivity contribution is 0.136. The molecule has 1 atom stereocenters. The van der Waals surface area contributed by atoms with Gasteiger partial charge in [0, 0.05) is 38.6 Å². The first-order valence-corrected chi connectivity index (χ1v) is 7.66. The molecule has 0 radical (unpaired) electrons. The Kier molecular flexibility index (Phi) is 4.24. The maximum Gasteiger partial charge on any atom is 0.0634 e. The second-order valence-corrected chi connectivity index (χ2v) is 6.21. The van der Waals surface area contributed by atoms with E-state index in [1.54, 1.807) is 12.4 Å². The summed E-state index contributed by atoms with van der Waals surface area (Å²) in [5, 5.41) is 4.40. The van der Waals surface area contributed by atoms with E-state index < -0.39 is 0 Å². The van der Waals surface area contributed by atoms with Crippen LogP contribution in [0.2, 0.25) is 5.02 Å². The summed E-state index contributed by atoms with van der Waals surface area (Å²) in [5.41, 5.74) is 2.46. The third-order valence-electron chi connectivity index (χ3n) is 4.14. The first-order chi connectivity index (χ1) is 10.2. The number of halogens is 1. The fraction of sp³-hybridized carbons (Fsp3) is 0.353. The highest BCUT2D eigenvalue weighted by molar-refractivity contribution is 6.31. The lowest BCUT2D eigenvalue weighted by atomic mass is 9.89. The molecule has 1 unspecified atom stereocenters. The molecule has 0 amide bonds. The Labute approximate surface area is 131 Å². The standard InChI is InChI=1S/C17H20ClN3/c1-17(15-5-3-2-4-6-15)13-21(10-9-20-17)12-14-7-8-19-11-16(14)18/h2-8,11,20H,9-10,12-13H2,1H3. The van der Waals surface area contributed by atoms with Crippen LogP contribution in [0.15, 0.2) is 48.8 Å². The summed E-state index contributed by atoms with van der Waals surface area (Å²) in [4.78, 5) is 6.50. The predicted octanol–water partition coefficient (Wildman–Crippen LogP) is 3.06. The smallest absolute Gasteiger partial charge is 0.0634 e. The van der Waals surface area contributed by atoms with Gasteiger partial charge < -0.3 is 5.32 Å². The van der Waals surface area contributed by atoms with Crippen molar-refractivity contribution in [3.63, 3.8) is 0 Å². The molecule has 1 fully saturated rings. The Balaban J connectivity index is 1.76. The average Bonchev–Trinajstić information content (AvgIpc) is 2.51. The molecule has 1 aliphatic rings. The number of benzene rings is 1. The summed E-state index contributed by atoms with van der Waals surface area (Å²) in [6.45, 7) is 6.11. The van der Waals surface area contributed by atoms with E-state index in [4.69, 9.17) is 11.6 Å². The Bertz CT molecular complexity index is 602. The molecular weight excluding hydrogens is 282 g/mol. The van der Waals surface area contributed by atoms with Crippen molar-refractivity contribution in [3.05, 3.63) is 64.9 Å². The van der Waals surface area contributed by atoms with Crippen molar-refractivity contribution in [2.24, 2.45) is 0 Å². The second-order valence-electron chi connectivity index (χ2n) is 5.80. The summed E-state index contributed by atoms with van der Waals surface area (Å²) in [6, 6.07) is 12.6. The Morgan fingerprint density at radius 2 is 2.10 bits per heavy atom. The molecule has 3 nitrogen and oxygen atoms in total. The van der Waals surface area contributed by atoms with Crippen LogP contribution < -0.4 is 5.32 Å². The number of hydrogen-bond acceptors (Lipinski definition) is 3. The number of nitrogens with one attached hydrogen (secondary N) is 1. The lowest BCUT2D eigenvalue weighted by Crippen LogP contribution is -2.56. The summed E-state index contributed by atoms with van der Waals surface area (Å²) in [6.07, 6.45) is 3.52.